The molecule has 6 heteroatoms. The van der Waals surface area contributed by atoms with E-state index < -0.39 is 29.7 Å². The van der Waals surface area contributed by atoms with Crippen molar-refractivity contribution in [2.75, 3.05) is 21.3 Å². The summed E-state index contributed by atoms with van der Waals surface area (Å²) >= 11 is 0. The van der Waals surface area contributed by atoms with Gasteiger partial charge in [-0.25, -0.2) is 4.79 Å². The Morgan fingerprint density at radius 3 is 1.88 bits per heavy atom. The molecule has 0 spiro atoms. The van der Waals surface area contributed by atoms with Crippen LogP contribution in [0.5, 0.6) is 0 Å². The van der Waals surface area contributed by atoms with Gasteiger partial charge in [-0.3, -0.25) is 9.59 Å². The van der Waals surface area contributed by atoms with Crippen LogP contribution in [-0.4, -0.2) is 39.2 Å². The second-order valence-electron chi connectivity index (χ2n) is 5.69. The molecule has 1 rings (SSSR count). The van der Waals surface area contributed by atoms with Crippen molar-refractivity contribution >= 4 is 17.9 Å². The summed E-state index contributed by atoms with van der Waals surface area (Å²) in [7, 11) is 3.92. The third-order valence-electron chi connectivity index (χ3n) is 4.19. The van der Waals surface area contributed by atoms with Crippen molar-refractivity contribution in [1.82, 2.24) is 0 Å². The maximum Gasteiger partial charge on any atom is 0.337 e. The summed E-state index contributed by atoms with van der Waals surface area (Å²) in [5.41, 5.74) is 1.41. The number of hydrogen-bond acceptors (Lipinski definition) is 6. The van der Waals surface area contributed by atoms with Crippen LogP contribution in [0.2, 0.25) is 0 Å². The van der Waals surface area contributed by atoms with Crippen LogP contribution in [0, 0.1) is 11.8 Å². The second-order valence-corrected chi connectivity index (χ2v) is 5.69. The lowest BCUT2D eigenvalue weighted by atomic mass is 9.83. The molecule has 6 nitrogen and oxygen atoms in total. The van der Waals surface area contributed by atoms with E-state index in [2.05, 4.69) is 4.74 Å². The highest BCUT2D eigenvalue weighted by Gasteiger charge is 2.33. The van der Waals surface area contributed by atoms with Gasteiger partial charge in [0.2, 0.25) is 0 Å². The molecule has 0 amide bonds. The normalized spacial score (nSPS) is 14.2. The summed E-state index contributed by atoms with van der Waals surface area (Å²) in [6.07, 6.45) is 0.431. The highest BCUT2D eigenvalue weighted by molar-refractivity contribution is 5.89. The first kappa shape index (κ1) is 19.7. The highest BCUT2D eigenvalue weighted by atomic mass is 16.5. The Morgan fingerprint density at radius 1 is 0.875 bits per heavy atom. The molecule has 0 aliphatic heterocycles. The molecule has 0 N–H and O–H groups in total. The molecule has 0 heterocycles. The van der Waals surface area contributed by atoms with Crippen LogP contribution in [0.25, 0.3) is 0 Å². The van der Waals surface area contributed by atoms with Gasteiger partial charge in [0.25, 0.3) is 0 Å². The Labute approximate surface area is 142 Å². The zero-order valence-electron chi connectivity index (χ0n) is 14.7. The fourth-order valence-corrected chi connectivity index (χ4v) is 2.59. The first-order valence-electron chi connectivity index (χ1n) is 7.69. The minimum atomic E-state index is -0.599. The van der Waals surface area contributed by atoms with E-state index in [0.717, 1.165) is 5.56 Å². The Bertz CT molecular complexity index is 578. The quantitative estimate of drug-likeness (QED) is 0.562. The zero-order valence-corrected chi connectivity index (χ0v) is 14.7. The van der Waals surface area contributed by atoms with Crippen LogP contribution in [0.3, 0.4) is 0 Å². The van der Waals surface area contributed by atoms with E-state index in [1.54, 1.807) is 19.1 Å². The molecule has 1 aromatic rings. The lowest BCUT2D eigenvalue weighted by Crippen LogP contribution is -2.30. The Hall–Kier alpha value is -2.37. The molecule has 24 heavy (non-hydrogen) atoms. The molecular weight excluding hydrogens is 312 g/mol. The number of benzene rings is 1. The second kappa shape index (κ2) is 9.05. The smallest absolute Gasteiger partial charge is 0.337 e. The van der Waals surface area contributed by atoms with E-state index in [9.17, 15) is 14.4 Å². The number of esters is 3. The van der Waals surface area contributed by atoms with E-state index in [0.29, 0.717) is 12.0 Å². The van der Waals surface area contributed by atoms with E-state index in [-0.39, 0.29) is 5.92 Å². The maximum absolute atomic E-state index is 12.0. The fraction of sp³-hybridized carbons (Fsp3) is 0.500. The first-order valence-corrected chi connectivity index (χ1v) is 7.69. The van der Waals surface area contributed by atoms with Crippen LogP contribution in [0.15, 0.2) is 24.3 Å². The molecule has 0 aliphatic carbocycles. The summed E-state index contributed by atoms with van der Waals surface area (Å²) in [6.45, 7) is 3.60. The first-order chi connectivity index (χ1) is 11.3. The predicted octanol–water partition coefficient (Wildman–Crippen LogP) is 2.57. The summed E-state index contributed by atoms with van der Waals surface area (Å²) < 4.78 is 14.2. The lowest BCUT2D eigenvalue weighted by Gasteiger charge is -2.23. The van der Waals surface area contributed by atoms with Crippen LogP contribution < -0.4 is 0 Å². The molecule has 0 fully saturated rings. The van der Waals surface area contributed by atoms with Crippen molar-refractivity contribution in [2.45, 2.75) is 26.2 Å². The van der Waals surface area contributed by atoms with Crippen molar-refractivity contribution < 1.29 is 28.6 Å². The van der Waals surface area contributed by atoms with Gasteiger partial charge in [0.05, 0.1) is 38.7 Å². The summed E-state index contributed by atoms with van der Waals surface area (Å²) in [5, 5.41) is 0. The monoisotopic (exact) mass is 336 g/mol. The molecule has 132 valence electrons. The Kier molecular flexibility index (Phi) is 7.42. The predicted molar refractivity (Wildman–Crippen MR) is 87.5 cm³/mol. The van der Waals surface area contributed by atoms with Crippen molar-refractivity contribution in [3.8, 4) is 0 Å². The average Bonchev–Trinajstić information content (AvgIpc) is 2.63. The standard InChI is InChI=1S/C18H24O6/c1-11(13-6-8-14(9-7-13)17(20)23-4)10-15(18(21)24-5)12(2)16(19)22-3/h6-9,11-12,15H,10H2,1-5H3. The molecule has 3 atom stereocenters. The average molecular weight is 336 g/mol. The van der Waals surface area contributed by atoms with Crippen LogP contribution in [-0.2, 0) is 23.8 Å². The zero-order chi connectivity index (χ0) is 18.3. The minimum absolute atomic E-state index is 0.00657. The van der Waals surface area contributed by atoms with E-state index in [4.69, 9.17) is 9.47 Å². The Morgan fingerprint density at radius 2 is 1.42 bits per heavy atom. The number of hydrogen-bond donors (Lipinski definition) is 0. The third-order valence-corrected chi connectivity index (χ3v) is 4.19. The number of methoxy groups -OCH3 is 3. The molecule has 0 aliphatic rings. The molecule has 0 radical (unpaired) electrons. The highest BCUT2D eigenvalue weighted by Crippen LogP contribution is 2.29. The van der Waals surface area contributed by atoms with Crippen molar-refractivity contribution in [3.63, 3.8) is 0 Å². The van der Waals surface area contributed by atoms with Crippen LogP contribution in [0.4, 0.5) is 0 Å². The number of carbonyl (C=O) groups excluding carboxylic acids is 3. The van der Waals surface area contributed by atoms with E-state index in [1.807, 2.05) is 19.1 Å². The van der Waals surface area contributed by atoms with Gasteiger partial charge in [-0.1, -0.05) is 26.0 Å². The van der Waals surface area contributed by atoms with Gasteiger partial charge >= 0.3 is 17.9 Å². The van der Waals surface area contributed by atoms with Gasteiger partial charge in [-0.05, 0) is 30.0 Å². The molecule has 3 unspecified atom stereocenters. The molecule has 0 saturated heterocycles. The third kappa shape index (κ3) is 4.81. The van der Waals surface area contributed by atoms with Crippen molar-refractivity contribution in [3.05, 3.63) is 35.4 Å². The summed E-state index contributed by atoms with van der Waals surface area (Å²) in [5.74, 6) is -2.49. The largest absolute Gasteiger partial charge is 0.469 e. The van der Waals surface area contributed by atoms with Crippen LogP contribution in [0.1, 0.15) is 42.1 Å². The maximum atomic E-state index is 12.0. The van der Waals surface area contributed by atoms with Crippen molar-refractivity contribution in [2.24, 2.45) is 11.8 Å². The van der Waals surface area contributed by atoms with E-state index >= 15 is 0 Å². The van der Waals surface area contributed by atoms with Gasteiger partial charge in [0, 0.05) is 0 Å². The minimum Gasteiger partial charge on any atom is -0.469 e. The molecule has 0 saturated carbocycles. The molecular formula is C18H24O6. The Balaban J connectivity index is 2.91. The lowest BCUT2D eigenvalue weighted by molar-refractivity contribution is -0.157. The number of carbonyl (C=O) groups is 3. The summed E-state index contributed by atoms with van der Waals surface area (Å²) in [6, 6.07) is 6.98. The van der Waals surface area contributed by atoms with Gasteiger partial charge in [0.1, 0.15) is 0 Å². The van der Waals surface area contributed by atoms with Gasteiger partial charge in [0.15, 0.2) is 0 Å². The fourth-order valence-electron chi connectivity index (χ4n) is 2.59. The van der Waals surface area contributed by atoms with E-state index in [1.165, 1.54) is 21.3 Å². The number of rotatable bonds is 7. The molecule has 1 aromatic carbocycles. The van der Waals surface area contributed by atoms with Crippen molar-refractivity contribution in [1.29, 1.82) is 0 Å². The van der Waals surface area contributed by atoms with Gasteiger partial charge < -0.3 is 14.2 Å². The summed E-state index contributed by atoms with van der Waals surface area (Å²) in [4.78, 5) is 35.3. The molecule has 0 aromatic heterocycles. The van der Waals surface area contributed by atoms with Gasteiger partial charge in [-0.2, -0.15) is 0 Å². The number of ether oxygens (including phenoxy) is 3. The van der Waals surface area contributed by atoms with Crippen LogP contribution >= 0.6 is 0 Å². The van der Waals surface area contributed by atoms with Gasteiger partial charge in [-0.15, -0.1) is 0 Å². The topological polar surface area (TPSA) is 78.9 Å². The molecule has 0 bridgehead atoms. The SMILES string of the molecule is COC(=O)c1ccc(C(C)CC(C(=O)OC)C(C)C(=O)OC)cc1.